The number of nitrogens with one attached hydrogen (secondary N) is 1. The van der Waals surface area contributed by atoms with Crippen molar-refractivity contribution in [1.29, 1.82) is 0 Å². The highest BCUT2D eigenvalue weighted by molar-refractivity contribution is 5.02. The van der Waals surface area contributed by atoms with E-state index in [-0.39, 0.29) is 0 Å². The van der Waals surface area contributed by atoms with Crippen LogP contribution in [0.15, 0.2) is 10.6 Å². The number of aryl methyl sites for hydroxylation is 1. The van der Waals surface area contributed by atoms with E-state index in [1.807, 2.05) is 13.0 Å². The maximum atomic E-state index is 5.16. The maximum absolute atomic E-state index is 5.16. The van der Waals surface area contributed by atoms with Crippen molar-refractivity contribution in [2.75, 3.05) is 0 Å². The zero-order valence-electron chi connectivity index (χ0n) is 11.5. The second-order valence-electron chi connectivity index (χ2n) is 4.92. The van der Waals surface area contributed by atoms with Crippen LogP contribution in [0.1, 0.15) is 63.8 Å². The number of hydrogen-bond donors (Lipinski definition) is 1. The van der Waals surface area contributed by atoms with Gasteiger partial charge in [-0.1, -0.05) is 44.2 Å². The van der Waals surface area contributed by atoms with E-state index in [1.165, 1.54) is 38.5 Å². The van der Waals surface area contributed by atoms with Crippen molar-refractivity contribution in [2.45, 2.75) is 71.9 Å². The third kappa shape index (κ3) is 6.47. The Kier molecular flexibility index (Phi) is 6.94. The Bertz CT molecular complexity index is 296. The lowest BCUT2D eigenvalue weighted by molar-refractivity contribution is 0.358. The van der Waals surface area contributed by atoms with Gasteiger partial charge < -0.3 is 9.84 Å². The molecule has 1 atom stereocenters. The maximum Gasteiger partial charge on any atom is 0.150 e. The molecule has 0 bridgehead atoms. The Morgan fingerprint density at radius 1 is 1.29 bits per heavy atom. The Hall–Kier alpha value is -0.830. The van der Waals surface area contributed by atoms with E-state index < -0.39 is 0 Å². The van der Waals surface area contributed by atoms with Crippen molar-refractivity contribution in [3.8, 4) is 0 Å². The molecule has 1 heterocycles. The molecule has 0 aromatic carbocycles. The lowest BCUT2D eigenvalue weighted by atomic mass is 10.1. The van der Waals surface area contributed by atoms with Crippen LogP contribution in [-0.4, -0.2) is 11.2 Å². The van der Waals surface area contributed by atoms with Gasteiger partial charge >= 0.3 is 0 Å². The molecule has 0 saturated heterocycles. The second-order valence-corrected chi connectivity index (χ2v) is 4.92. The van der Waals surface area contributed by atoms with Crippen LogP contribution >= 0.6 is 0 Å². The summed E-state index contributed by atoms with van der Waals surface area (Å²) in [5.41, 5.74) is 0.953. The third-order valence-corrected chi connectivity index (χ3v) is 3.04. The normalized spacial score (nSPS) is 12.9. The van der Waals surface area contributed by atoms with Gasteiger partial charge in [0.2, 0.25) is 0 Å². The molecule has 17 heavy (non-hydrogen) atoms. The molecule has 0 aliphatic heterocycles. The Morgan fingerprint density at radius 2 is 2.06 bits per heavy atom. The van der Waals surface area contributed by atoms with Crippen molar-refractivity contribution >= 4 is 0 Å². The summed E-state index contributed by atoms with van der Waals surface area (Å²) in [6.07, 6.45) is 8.00. The summed E-state index contributed by atoms with van der Waals surface area (Å²) in [5, 5.41) is 7.34. The van der Waals surface area contributed by atoms with Crippen LogP contribution in [0.3, 0.4) is 0 Å². The van der Waals surface area contributed by atoms with E-state index in [4.69, 9.17) is 4.52 Å². The molecule has 1 aromatic rings. The van der Waals surface area contributed by atoms with Gasteiger partial charge in [-0.25, -0.2) is 0 Å². The minimum atomic E-state index is 0.557. The van der Waals surface area contributed by atoms with E-state index in [2.05, 4.69) is 24.3 Å². The highest BCUT2D eigenvalue weighted by Gasteiger charge is 2.04. The van der Waals surface area contributed by atoms with Crippen LogP contribution < -0.4 is 5.32 Å². The first-order valence-corrected chi connectivity index (χ1v) is 6.88. The molecule has 1 aromatic heterocycles. The first kappa shape index (κ1) is 14.2. The monoisotopic (exact) mass is 238 g/mol. The van der Waals surface area contributed by atoms with Gasteiger partial charge in [0.05, 0.1) is 12.2 Å². The predicted molar refractivity (Wildman–Crippen MR) is 70.9 cm³/mol. The average Bonchev–Trinajstić information content (AvgIpc) is 2.72. The molecule has 0 spiro atoms. The molecule has 1 N–H and O–H groups in total. The second kappa shape index (κ2) is 8.29. The van der Waals surface area contributed by atoms with E-state index >= 15 is 0 Å². The number of nitrogens with zero attached hydrogens (tertiary/aromatic N) is 1. The summed E-state index contributed by atoms with van der Waals surface area (Å²) >= 11 is 0. The van der Waals surface area contributed by atoms with Crippen molar-refractivity contribution in [3.63, 3.8) is 0 Å². The molecular weight excluding hydrogens is 212 g/mol. The van der Waals surface area contributed by atoms with Gasteiger partial charge in [-0.15, -0.1) is 0 Å². The minimum Gasteiger partial charge on any atom is -0.360 e. The highest BCUT2D eigenvalue weighted by Crippen LogP contribution is 2.08. The van der Waals surface area contributed by atoms with Gasteiger partial charge in [0.15, 0.2) is 5.76 Å². The standard InChI is InChI=1S/C14H26N2O/c1-4-5-6-7-8-9-12(2)15-11-14-10-13(3)16-17-14/h10,12,15H,4-9,11H2,1-3H3. The summed E-state index contributed by atoms with van der Waals surface area (Å²) in [6, 6.07) is 2.54. The van der Waals surface area contributed by atoms with E-state index in [9.17, 15) is 0 Å². The number of aromatic nitrogens is 1. The first-order chi connectivity index (χ1) is 8.22. The molecule has 0 aliphatic carbocycles. The predicted octanol–water partition coefficient (Wildman–Crippen LogP) is 3.82. The van der Waals surface area contributed by atoms with Crippen LogP contribution in [0, 0.1) is 6.92 Å². The Morgan fingerprint density at radius 3 is 2.71 bits per heavy atom. The number of unbranched alkanes of at least 4 members (excludes halogenated alkanes) is 4. The van der Waals surface area contributed by atoms with Crippen molar-refractivity contribution in [1.82, 2.24) is 10.5 Å². The van der Waals surface area contributed by atoms with Gasteiger partial charge in [0.1, 0.15) is 0 Å². The molecule has 0 aliphatic rings. The molecule has 0 amide bonds. The number of rotatable bonds is 9. The van der Waals surface area contributed by atoms with Crippen LogP contribution in [-0.2, 0) is 6.54 Å². The molecule has 98 valence electrons. The van der Waals surface area contributed by atoms with Crippen LogP contribution in [0.25, 0.3) is 0 Å². The minimum absolute atomic E-state index is 0.557. The zero-order chi connectivity index (χ0) is 12.5. The van der Waals surface area contributed by atoms with Gasteiger partial charge in [0, 0.05) is 12.1 Å². The molecular formula is C14H26N2O. The van der Waals surface area contributed by atoms with Gasteiger partial charge in [-0.3, -0.25) is 0 Å². The average molecular weight is 238 g/mol. The van der Waals surface area contributed by atoms with Gasteiger partial charge in [-0.05, 0) is 20.3 Å². The fourth-order valence-corrected chi connectivity index (χ4v) is 1.93. The molecule has 3 heteroatoms. The van der Waals surface area contributed by atoms with E-state index in [0.29, 0.717) is 6.04 Å². The quantitative estimate of drug-likeness (QED) is 0.665. The summed E-state index contributed by atoms with van der Waals surface area (Å²) in [5.74, 6) is 0.931. The fourth-order valence-electron chi connectivity index (χ4n) is 1.93. The van der Waals surface area contributed by atoms with Crippen LogP contribution in [0.2, 0.25) is 0 Å². The van der Waals surface area contributed by atoms with E-state index in [0.717, 1.165) is 18.0 Å². The summed E-state index contributed by atoms with van der Waals surface area (Å²) in [6.45, 7) is 7.23. The Labute approximate surface area is 105 Å². The van der Waals surface area contributed by atoms with Gasteiger partial charge in [0.25, 0.3) is 0 Å². The van der Waals surface area contributed by atoms with Crippen LogP contribution in [0.4, 0.5) is 0 Å². The van der Waals surface area contributed by atoms with Crippen molar-refractivity contribution in [2.24, 2.45) is 0 Å². The molecule has 0 saturated carbocycles. The molecule has 0 radical (unpaired) electrons. The third-order valence-electron chi connectivity index (χ3n) is 3.04. The fraction of sp³-hybridized carbons (Fsp3) is 0.786. The lowest BCUT2D eigenvalue weighted by Crippen LogP contribution is -2.25. The Balaban J connectivity index is 2.03. The molecule has 3 nitrogen and oxygen atoms in total. The van der Waals surface area contributed by atoms with E-state index in [1.54, 1.807) is 0 Å². The molecule has 1 rings (SSSR count). The highest BCUT2D eigenvalue weighted by atomic mass is 16.5. The topological polar surface area (TPSA) is 38.1 Å². The zero-order valence-corrected chi connectivity index (χ0v) is 11.5. The smallest absolute Gasteiger partial charge is 0.150 e. The van der Waals surface area contributed by atoms with Crippen molar-refractivity contribution in [3.05, 3.63) is 17.5 Å². The molecule has 0 fully saturated rings. The lowest BCUT2D eigenvalue weighted by Gasteiger charge is -2.12. The number of hydrogen-bond acceptors (Lipinski definition) is 3. The molecule has 1 unspecified atom stereocenters. The summed E-state index contributed by atoms with van der Waals surface area (Å²) < 4.78 is 5.16. The van der Waals surface area contributed by atoms with Gasteiger partial charge in [-0.2, -0.15) is 0 Å². The summed E-state index contributed by atoms with van der Waals surface area (Å²) in [7, 11) is 0. The largest absolute Gasteiger partial charge is 0.360 e. The summed E-state index contributed by atoms with van der Waals surface area (Å²) in [4.78, 5) is 0. The first-order valence-electron chi connectivity index (χ1n) is 6.88. The van der Waals surface area contributed by atoms with Crippen LogP contribution in [0.5, 0.6) is 0 Å². The van der Waals surface area contributed by atoms with Crippen molar-refractivity contribution < 1.29 is 4.52 Å². The SMILES string of the molecule is CCCCCCCC(C)NCc1cc(C)no1.